The Hall–Kier alpha value is -2.76. The largest absolute Gasteiger partial charge is 0.203 e. The van der Waals surface area contributed by atoms with Gasteiger partial charge in [-0.2, -0.15) is 0 Å². The number of hydrogen-bond acceptors (Lipinski definition) is 0. The van der Waals surface area contributed by atoms with E-state index in [0.29, 0.717) is 58.1 Å². The molecule has 7 rings (SSSR count). The van der Waals surface area contributed by atoms with Gasteiger partial charge in [0.2, 0.25) is 0 Å². The van der Waals surface area contributed by atoms with E-state index in [0.717, 1.165) is 55.3 Å². The molecule has 4 aliphatic rings. The lowest BCUT2D eigenvalue weighted by Crippen LogP contribution is -2.25. The van der Waals surface area contributed by atoms with Crippen LogP contribution in [0.15, 0.2) is 36.4 Å². The maximum absolute atomic E-state index is 14.3. The fourth-order valence-electron chi connectivity index (χ4n) is 12.7. The second-order valence-electron chi connectivity index (χ2n) is 22.5. The molecule has 0 heterocycles. The van der Waals surface area contributed by atoms with Crippen molar-refractivity contribution < 1.29 is 26.3 Å². The van der Waals surface area contributed by atoms with E-state index in [1.807, 2.05) is 6.07 Å². The maximum Gasteiger partial charge on any atom is 0.162 e. The van der Waals surface area contributed by atoms with E-state index in [2.05, 4.69) is 20.8 Å². The van der Waals surface area contributed by atoms with Crippen LogP contribution in [0, 0.1) is 97.1 Å². The Labute approximate surface area is 418 Å². The third-order valence-corrected chi connectivity index (χ3v) is 17.5. The van der Waals surface area contributed by atoms with E-state index in [1.54, 1.807) is 51.1 Å². The molecule has 0 spiro atoms. The van der Waals surface area contributed by atoms with Crippen molar-refractivity contribution in [2.45, 2.75) is 248 Å². The summed E-state index contributed by atoms with van der Waals surface area (Å²) in [5.41, 5.74) is 2.92. The van der Waals surface area contributed by atoms with Gasteiger partial charge in [0, 0.05) is 0 Å². The number of aryl methyl sites for hydroxylation is 5. The van der Waals surface area contributed by atoms with Crippen molar-refractivity contribution in [2.24, 2.45) is 41.4 Å². The Morgan fingerprint density at radius 1 is 0.348 bits per heavy atom. The lowest BCUT2D eigenvalue weighted by atomic mass is 9.68. The maximum atomic E-state index is 14.3. The molecule has 0 atom stereocenters. The Morgan fingerprint density at radius 3 is 1.07 bits per heavy atom. The lowest BCUT2D eigenvalue weighted by Gasteiger charge is -2.38. The molecule has 0 radical (unpaired) electrons. The van der Waals surface area contributed by atoms with Crippen molar-refractivity contribution in [1.29, 1.82) is 0 Å². The number of unbranched alkanes of at least 4 members (excludes halogenated alkanes) is 4. The highest BCUT2D eigenvalue weighted by Gasteiger charge is 2.32. The van der Waals surface area contributed by atoms with Gasteiger partial charge >= 0.3 is 0 Å². The second kappa shape index (κ2) is 31.0. The molecular weight excluding hydrogens is 871 g/mol. The van der Waals surface area contributed by atoms with E-state index in [1.165, 1.54) is 154 Å². The van der Waals surface area contributed by atoms with Crippen LogP contribution in [0.4, 0.5) is 26.3 Å². The summed E-state index contributed by atoms with van der Waals surface area (Å²) in [7, 11) is 0. The number of rotatable bonds is 18. The van der Waals surface area contributed by atoms with Gasteiger partial charge in [0.05, 0.1) is 0 Å². The van der Waals surface area contributed by atoms with Gasteiger partial charge in [0.25, 0.3) is 0 Å². The zero-order chi connectivity index (χ0) is 49.0. The normalized spacial score (nSPS) is 24.9. The van der Waals surface area contributed by atoms with Crippen molar-refractivity contribution >= 4 is 0 Å². The lowest BCUT2D eigenvalue weighted by molar-refractivity contribution is 0.155. The van der Waals surface area contributed by atoms with E-state index < -0.39 is 34.9 Å². The summed E-state index contributed by atoms with van der Waals surface area (Å²) in [4.78, 5) is 0. The minimum absolute atomic E-state index is 0. The molecule has 0 amide bonds. The van der Waals surface area contributed by atoms with Crippen LogP contribution in [0.25, 0.3) is 0 Å². The molecule has 69 heavy (non-hydrogen) atoms. The average molecular weight is 967 g/mol. The van der Waals surface area contributed by atoms with Gasteiger partial charge in [0.15, 0.2) is 34.9 Å². The molecule has 0 aliphatic heterocycles. The fourth-order valence-corrected chi connectivity index (χ4v) is 12.7. The van der Waals surface area contributed by atoms with Gasteiger partial charge in [-0.1, -0.05) is 193 Å². The van der Waals surface area contributed by atoms with Crippen LogP contribution in [0.5, 0.6) is 0 Å². The van der Waals surface area contributed by atoms with E-state index in [4.69, 9.17) is 0 Å². The molecule has 4 aliphatic carbocycles. The van der Waals surface area contributed by atoms with Gasteiger partial charge < -0.3 is 0 Å². The number of halogens is 6. The molecule has 3 aromatic rings. The van der Waals surface area contributed by atoms with Crippen LogP contribution < -0.4 is 0 Å². The van der Waals surface area contributed by atoms with E-state index in [-0.39, 0.29) is 13.3 Å². The van der Waals surface area contributed by atoms with Crippen LogP contribution in [0.2, 0.25) is 0 Å². The van der Waals surface area contributed by atoms with Gasteiger partial charge in [-0.25, -0.2) is 26.3 Å². The minimum Gasteiger partial charge on any atom is -0.203 e. The van der Waals surface area contributed by atoms with Gasteiger partial charge in [-0.3, -0.25) is 0 Å². The topological polar surface area (TPSA) is 0 Å². The first-order chi connectivity index (χ1) is 32.8. The molecule has 3 aromatic carbocycles. The first-order valence-electron chi connectivity index (χ1n) is 28.1. The van der Waals surface area contributed by atoms with Crippen LogP contribution in [0.1, 0.15) is 247 Å². The fraction of sp³-hybridized carbons (Fsp3) is 0.714. The Morgan fingerprint density at radius 2 is 0.681 bits per heavy atom. The number of benzene rings is 3. The molecule has 4 saturated carbocycles. The standard InChI is InChI=1S/C24H36F2.C20H30F2.C18H26F2.CH4/c1-3-4-5-6-18-8-10-19(11-9-18)20-12-14-21(15-13-20)22-16-7-17(2)23(25)24(22)26;1-3-4-5-6-16-8-10-17(11-9-16)12-14-18-13-7-15(2)19(21)20(18)22;1-3-4-14-6-8-15(9-7-14)10-12-16-11-5-13(2)17(19)18(16)20;/h7,16,18-21H,3-6,8-15H2,1-2H3;7,13,16-17H,3-6,8-12,14H2,1-2H3;5,11,14-15H,3-4,6-10,12H2,1-2H3;1H4. The third kappa shape index (κ3) is 18.4. The van der Waals surface area contributed by atoms with E-state index >= 15 is 0 Å². The Bertz CT molecular complexity index is 1890. The third-order valence-electron chi connectivity index (χ3n) is 17.5. The SMILES string of the molecule is C.CCCC1CCC(CCc2ccc(C)c(F)c2F)CC1.CCCCCC1CCC(C2CCC(c3ccc(C)c(F)c3F)CC2)CC1.CCCCCC1CCC(CCc2ccc(C)c(F)c2F)CC1. The predicted octanol–water partition coefficient (Wildman–Crippen LogP) is 21.0. The molecule has 0 saturated heterocycles. The minimum atomic E-state index is -0.672. The summed E-state index contributed by atoms with van der Waals surface area (Å²) in [6.45, 7) is 11.6. The van der Waals surface area contributed by atoms with Crippen molar-refractivity contribution in [3.05, 3.63) is 105 Å². The summed E-state index contributed by atoms with van der Waals surface area (Å²) in [6.07, 6.45) is 37.4. The second-order valence-corrected chi connectivity index (χ2v) is 22.5. The monoisotopic (exact) mass is 967 g/mol. The van der Waals surface area contributed by atoms with Crippen molar-refractivity contribution in [3.8, 4) is 0 Å². The summed E-state index contributed by atoms with van der Waals surface area (Å²) < 4.78 is 83.0. The molecule has 0 unspecified atom stereocenters. The molecule has 0 nitrogen and oxygen atoms in total. The summed E-state index contributed by atoms with van der Waals surface area (Å²) in [5, 5.41) is 0. The molecule has 4 fully saturated rings. The molecule has 0 bridgehead atoms. The highest BCUT2D eigenvalue weighted by atomic mass is 19.2. The van der Waals surface area contributed by atoms with Crippen molar-refractivity contribution in [2.75, 3.05) is 0 Å². The zero-order valence-corrected chi connectivity index (χ0v) is 43.6. The quantitative estimate of drug-likeness (QED) is 0.0880. The van der Waals surface area contributed by atoms with Crippen molar-refractivity contribution in [1.82, 2.24) is 0 Å². The Kier molecular flexibility index (Phi) is 26.4. The summed E-state index contributed by atoms with van der Waals surface area (Å²) in [6, 6.07) is 10.4. The van der Waals surface area contributed by atoms with Crippen LogP contribution in [-0.2, 0) is 12.8 Å². The molecule has 0 N–H and O–H groups in total. The van der Waals surface area contributed by atoms with Crippen molar-refractivity contribution in [3.63, 3.8) is 0 Å². The summed E-state index contributed by atoms with van der Waals surface area (Å²) in [5.74, 6) is 2.26. The first-order valence-corrected chi connectivity index (χ1v) is 28.1. The van der Waals surface area contributed by atoms with Crippen LogP contribution >= 0.6 is 0 Å². The molecule has 0 aromatic heterocycles. The van der Waals surface area contributed by atoms with Gasteiger partial charge in [-0.15, -0.1) is 0 Å². The van der Waals surface area contributed by atoms with Crippen LogP contribution in [0.3, 0.4) is 0 Å². The molecule has 6 heteroatoms. The predicted molar refractivity (Wildman–Crippen MR) is 281 cm³/mol. The van der Waals surface area contributed by atoms with Crippen LogP contribution in [-0.4, -0.2) is 0 Å². The van der Waals surface area contributed by atoms with E-state index in [9.17, 15) is 26.3 Å². The Balaban J connectivity index is 0.000000226. The first kappa shape index (κ1) is 58.8. The number of hydrogen-bond donors (Lipinski definition) is 0. The highest BCUT2D eigenvalue weighted by Crippen LogP contribution is 2.45. The van der Waals surface area contributed by atoms with Gasteiger partial charge in [0.1, 0.15) is 0 Å². The average Bonchev–Trinajstić information content (AvgIpc) is 3.36. The molecule has 390 valence electrons. The molecular formula is C63H96F6. The zero-order valence-electron chi connectivity index (χ0n) is 43.6. The smallest absolute Gasteiger partial charge is 0.162 e. The highest BCUT2D eigenvalue weighted by molar-refractivity contribution is 5.29. The summed E-state index contributed by atoms with van der Waals surface area (Å²) >= 11 is 0. The van der Waals surface area contributed by atoms with Gasteiger partial charge in [-0.05, 0) is 166 Å².